The average molecular weight is 956 g/mol. The van der Waals surface area contributed by atoms with Crippen LogP contribution in [0.25, 0.3) is 0 Å². The van der Waals surface area contributed by atoms with Crippen molar-refractivity contribution in [1.29, 1.82) is 0 Å². The zero-order valence-corrected chi connectivity index (χ0v) is 30.3. The number of aliphatic hydroxyl groups is 1. The van der Waals surface area contributed by atoms with Gasteiger partial charge in [0.1, 0.15) is 18.8 Å². The van der Waals surface area contributed by atoms with Crippen LogP contribution >= 0.6 is 7.82 Å². The van der Waals surface area contributed by atoms with E-state index in [1.54, 1.807) is 0 Å². The van der Waals surface area contributed by atoms with E-state index in [-0.39, 0.29) is 31.0 Å². The number of alkyl halides is 26. The second-order valence-corrected chi connectivity index (χ2v) is 12.4. The zero-order chi connectivity index (χ0) is 46.5. The largest absolute Gasteiger partial charge is 1.00 e. The van der Waals surface area contributed by atoms with Crippen molar-refractivity contribution in [2.45, 2.75) is 116 Å². The maximum absolute atomic E-state index is 16.1. The number of esters is 1. The Morgan fingerprint density at radius 1 is 0.621 bits per heavy atom. The summed E-state index contributed by atoms with van der Waals surface area (Å²) < 4.78 is 383. The van der Waals surface area contributed by atoms with E-state index in [1.165, 1.54) is 0 Å². The number of ether oxygens (including phenoxy) is 1. The van der Waals surface area contributed by atoms with E-state index in [2.05, 4.69) is 15.8 Å². The maximum atomic E-state index is 16.1. The van der Waals surface area contributed by atoms with Crippen LogP contribution in [0.1, 0.15) is 8.35 Å². The second kappa shape index (κ2) is 18.4. The van der Waals surface area contributed by atoms with Gasteiger partial charge in [-0.05, 0) is 6.92 Å². The molecule has 0 aliphatic rings. The molecule has 0 rings (SSSR count). The van der Waals surface area contributed by atoms with Crippen molar-refractivity contribution in [2.75, 3.05) is 6.61 Å². The average Bonchev–Trinajstić information content (AvgIpc) is 3.04. The van der Waals surface area contributed by atoms with Gasteiger partial charge in [0, 0.05) is 5.57 Å². The Balaban J connectivity index is -0.0000157. The van der Waals surface area contributed by atoms with Crippen molar-refractivity contribution in [3.05, 3.63) is 12.2 Å². The van der Waals surface area contributed by atoms with Gasteiger partial charge < -0.3 is 21.1 Å². The molecule has 0 aliphatic carbocycles. The number of hydrogen-bond acceptors (Lipinski definition) is 5. The zero-order valence-electron chi connectivity index (χ0n) is 28.4. The van der Waals surface area contributed by atoms with Gasteiger partial charge in [0.05, 0.1) is 0 Å². The minimum Gasteiger partial charge on any atom is -1.00 e. The molecule has 9 atom stereocenters. The van der Waals surface area contributed by atoms with Crippen LogP contribution in [0.15, 0.2) is 12.2 Å². The van der Waals surface area contributed by atoms with Crippen molar-refractivity contribution in [3.8, 4) is 0 Å². The molecule has 0 spiro atoms. The van der Waals surface area contributed by atoms with Gasteiger partial charge in [0.2, 0.25) is 6.17 Å². The Kier molecular flexibility index (Phi) is 18.6. The van der Waals surface area contributed by atoms with Crippen molar-refractivity contribution in [2.24, 2.45) is 0 Å². The summed E-state index contributed by atoms with van der Waals surface area (Å²) in [5.74, 6) is -67.2. The van der Waals surface area contributed by atoms with E-state index >= 15 is 26.3 Å². The standard InChI is InChI=1S/C23H19F26O7P.Na.H/c1-4(2)14(51)55-3-5(50)10(56-57(52,53)54)12(29)15(32,17(35,36)16(33,34)11(28)8(26)6(24)7(25)9(27)13(30)31)18(37,38)19(39,40)20(41,42)21(43,44)22(45,46)23(47,48)49;;/h5-13,50H,1,3H2,2H3,(H2,52,53,54);;/q;+1;-1. The molecule has 7 nitrogen and oxygen atoms in total. The minimum atomic E-state index is -9.76. The molecule has 0 heterocycles. The molecule has 0 saturated heterocycles. The quantitative estimate of drug-likeness (QED) is 0.0485. The summed E-state index contributed by atoms with van der Waals surface area (Å²) in [6, 6.07) is 0. The monoisotopic (exact) mass is 956 g/mol. The SMILES string of the molecule is C=C(C)C(=O)OCC(O)C(OP(=O)(O)O)C(F)C(F)(C(F)(F)C(F)(F)C(F)C(F)C(F)C(F)C(F)C(F)F)C(F)(F)C(F)(F)C(F)(F)C(F)(F)C(F)(F)C(F)(F)F.[H-].[Na+]. The number of carbonyl (C=O) groups is 1. The Bertz CT molecular complexity index is 1470. The first-order valence-corrected chi connectivity index (χ1v) is 15.1. The van der Waals surface area contributed by atoms with E-state index in [4.69, 9.17) is 9.79 Å². The van der Waals surface area contributed by atoms with Gasteiger partial charge >= 0.3 is 91.0 Å². The number of phosphoric acid groups is 1. The van der Waals surface area contributed by atoms with Crippen molar-refractivity contribution >= 4 is 13.8 Å². The molecule has 35 heteroatoms. The maximum Gasteiger partial charge on any atom is 1.00 e. The van der Waals surface area contributed by atoms with Gasteiger partial charge in [-0.15, -0.1) is 0 Å². The number of halogens is 26. The van der Waals surface area contributed by atoms with Crippen LogP contribution in [0.5, 0.6) is 0 Å². The number of phosphoric ester groups is 1. The van der Waals surface area contributed by atoms with E-state index in [1.807, 2.05) is 0 Å². The summed E-state index contributed by atoms with van der Waals surface area (Å²) >= 11 is 0. The summed E-state index contributed by atoms with van der Waals surface area (Å²) in [6.45, 7) is 0.739. The molecule has 0 aromatic carbocycles. The molecule has 0 aliphatic heterocycles. The number of carbonyl (C=O) groups excluding carboxylic acids is 1. The molecule has 58 heavy (non-hydrogen) atoms. The predicted molar refractivity (Wildman–Crippen MR) is 130 cm³/mol. The fourth-order valence-electron chi connectivity index (χ4n) is 3.89. The molecular formula is C23H20F26NaO7P. The molecule has 0 saturated carbocycles. The molecular weight excluding hydrogens is 936 g/mol. The molecule has 9 unspecified atom stereocenters. The molecule has 0 fully saturated rings. The summed E-state index contributed by atoms with van der Waals surface area (Å²) in [5, 5.41) is 9.83. The van der Waals surface area contributed by atoms with Crippen molar-refractivity contribution in [1.82, 2.24) is 0 Å². The van der Waals surface area contributed by atoms with Crippen LogP contribution in [0.4, 0.5) is 114 Å². The van der Waals surface area contributed by atoms with E-state index in [0.29, 0.717) is 6.92 Å². The van der Waals surface area contributed by atoms with E-state index in [9.17, 15) is 102 Å². The molecule has 0 aromatic rings. The number of hydrogen-bond donors (Lipinski definition) is 3. The summed E-state index contributed by atoms with van der Waals surface area (Å²) in [6.07, 6.45) is -57.5. The first kappa shape index (κ1) is 58.6. The number of aliphatic hydroxyl groups excluding tert-OH is 1. The fraction of sp³-hybridized carbons (Fsp3) is 0.870. The Morgan fingerprint density at radius 3 is 1.33 bits per heavy atom. The smallest absolute Gasteiger partial charge is 1.00 e. The normalized spacial score (nSPS) is 19.8. The Hall–Kier alpha value is -1.54. The molecule has 342 valence electrons. The van der Waals surface area contributed by atoms with Gasteiger partial charge in [-0.25, -0.2) is 48.9 Å². The van der Waals surface area contributed by atoms with Crippen LogP contribution in [-0.4, -0.2) is 136 Å². The topological polar surface area (TPSA) is 113 Å². The third kappa shape index (κ3) is 10.0. The Morgan fingerprint density at radius 2 is 0.983 bits per heavy atom. The van der Waals surface area contributed by atoms with E-state index in [0.717, 1.165) is 0 Å². The molecule has 0 aromatic heterocycles. The minimum absolute atomic E-state index is 0. The van der Waals surface area contributed by atoms with Crippen LogP contribution in [0, 0.1) is 0 Å². The van der Waals surface area contributed by atoms with Gasteiger partial charge in [-0.3, -0.25) is 4.52 Å². The van der Waals surface area contributed by atoms with Crippen LogP contribution < -0.4 is 29.6 Å². The first-order chi connectivity index (χ1) is 24.8. The van der Waals surface area contributed by atoms with Gasteiger partial charge in [0.25, 0.3) is 12.1 Å². The number of rotatable bonds is 21. The molecule has 0 bridgehead atoms. The van der Waals surface area contributed by atoms with Gasteiger partial charge in [0.15, 0.2) is 30.9 Å². The first-order valence-electron chi connectivity index (χ1n) is 13.5. The third-order valence-corrected chi connectivity index (χ3v) is 7.60. The molecule has 0 amide bonds. The van der Waals surface area contributed by atoms with E-state index < -0.39 is 135 Å². The third-order valence-electron chi connectivity index (χ3n) is 7.09. The fourth-order valence-corrected chi connectivity index (χ4v) is 4.46. The van der Waals surface area contributed by atoms with Gasteiger partial charge in [-0.2, -0.15) is 74.6 Å². The second-order valence-electron chi connectivity index (χ2n) is 11.2. The predicted octanol–water partition coefficient (Wildman–Crippen LogP) is 5.07. The Labute approximate surface area is 327 Å². The van der Waals surface area contributed by atoms with Crippen molar-refractivity contribution < 1.29 is 179 Å². The molecule has 0 radical (unpaired) electrons. The summed E-state index contributed by atoms with van der Waals surface area (Å²) in [4.78, 5) is 29.1. The van der Waals surface area contributed by atoms with Crippen LogP contribution in [-0.2, 0) is 18.6 Å². The van der Waals surface area contributed by atoms with Gasteiger partial charge in [-0.1, -0.05) is 6.58 Å². The van der Waals surface area contributed by atoms with Crippen molar-refractivity contribution in [3.63, 3.8) is 0 Å². The molecule has 3 N–H and O–H groups in total. The van der Waals surface area contributed by atoms with Crippen LogP contribution in [0.3, 0.4) is 0 Å². The van der Waals surface area contributed by atoms with Crippen LogP contribution in [0.2, 0.25) is 0 Å². The summed E-state index contributed by atoms with van der Waals surface area (Å²) in [7, 11) is -7.23. The summed E-state index contributed by atoms with van der Waals surface area (Å²) in [5.41, 5.74) is -10.2.